The molecule has 2 heterocycles. The van der Waals surface area contributed by atoms with Crippen LogP contribution in [0, 0.1) is 0 Å². The molecule has 244 valence electrons. The summed E-state index contributed by atoms with van der Waals surface area (Å²) in [5.41, 5.74) is 7.62. The average Bonchev–Trinajstić information content (AvgIpc) is 3.78. The minimum atomic E-state index is -1.06. The van der Waals surface area contributed by atoms with Crippen LogP contribution in [0.5, 0.6) is 5.75 Å². The summed E-state index contributed by atoms with van der Waals surface area (Å²) in [7, 11) is 0. The third-order valence-corrected chi connectivity index (χ3v) is 7.30. The van der Waals surface area contributed by atoms with Crippen molar-refractivity contribution in [2.45, 2.75) is 6.92 Å². The predicted molar refractivity (Wildman–Crippen MR) is 185 cm³/mol. The first-order valence-corrected chi connectivity index (χ1v) is 15.3. The van der Waals surface area contributed by atoms with E-state index in [1.54, 1.807) is 49.4 Å². The molecule has 1 amide bonds. The second-order valence-electron chi connectivity index (χ2n) is 10.7. The molecule has 0 bridgehead atoms. The van der Waals surface area contributed by atoms with Crippen LogP contribution in [0.15, 0.2) is 103 Å². The zero-order valence-electron chi connectivity index (χ0n) is 26.2. The number of aromatic amines is 2. The van der Waals surface area contributed by atoms with Gasteiger partial charge >= 0.3 is 11.9 Å². The zero-order chi connectivity index (χ0) is 34.2. The summed E-state index contributed by atoms with van der Waals surface area (Å²) in [4.78, 5) is 43.6. The Kier molecular flexibility index (Phi) is 9.66. The van der Waals surface area contributed by atoms with Crippen molar-refractivity contribution in [3.05, 3.63) is 114 Å². The lowest BCUT2D eigenvalue weighted by Gasteiger charge is -2.06. The first-order valence-electron chi connectivity index (χ1n) is 15.3. The van der Waals surface area contributed by atoms with Gasteiger partial charge in [0.05, 0.1) is 23.5 Å². The van der Waals surface area contributed by atoms with Crippen LogP contribution in [-0.2, 0) is 19.1 Å². The first-order chi connectivity index (χ1) is 23.8. The minimum Gasteiger partial charge on any atom is -0.482 e. The minimum absolute atomic E-state index is 0.283. The molecule has 12 nitrogen and oxygen atoms in total. The molecule has 6 rings (SSSR count). The maximum atomic E-state index is 12.6. The number of carbonyl (C=O) groups excluding carboxylic acids is 2. The van der Waals surface area contributed by atoms with Crippen LogP contribution in [0.2, 0.25) is 0 Å². The van der Waals surface area contributed by atoms with Gasteiger partial charge in [-0.3, -0.25) is 9.89 Å². The summed E-state index contributed by atoms with van der Waals surface area (Å²) in [6, 6.07) is 27.6. The summed E-state index contributed by atoms with van der Waals surface area (Å²) in [5, 5.41) is 22.3. The SMILES string of the molecule is CCOC(=O)/C=C/c1ccc(-c2nc(-c3ccc(OCC(=O)O)cc3)c(-c3ccc(/C=C/C(=O)Nc4ccc5nn[nH]c5c4)cc3)[nH]2)cc1. The quantitative estimate of drug-likeness (QED) is 0.0864. The van der Waals surface area contributed by atoms with Crippen LogP contribution >= 0.6 is 0 Å². The molecule has 0 radical (unpaired) electrons. The van der Waals surface area contributed by atoms with E-state index in [1.165, 1.54) is 12.2 Å². The van der Waals surface area contributed by atoms with Gasteiger partial charge < -0.3 is 24.9 Å². The van der Waals surface area contributed by atoms with Gasteiger partial charge in [-0.25, -0.2) is 14.6 Å². The number of aliphatic carboxylic acids is 1. The Morgan fingerprint density at radius 1 is 0.837 bits per heavy atom. The number of aromatic nitrogens is 5. The number of anilines is 1. The highest BCUT2D eigenvalue weighted by atomic mass is 16.5. The molecule has 0 unspecified atom stereocenters. The lowest BCUT2D eigenvalue weighted by Crippen LogP contribution is -2.09. The second kappa shape index (κ2) is 14.7. The number of amides is 1. The molecule has 0 saturated carbocycles. The van der Waals surface area contributed by atoms with Gasteiger partial charge in [0.1, 0.15) is 17.1 Å². The molecule has 0 saturated heterocycles. The number of hydrogen-bond donors (Lipinski definition) is 4. The van der Waals surface area contributed by atoms with E-state index in [0.29, 0.717) is 35.1 Å². The van der Waals surface area contributed by atoms with Crippen molar-refractivity contribution in [1.29, 1.82) is 0 Å². The van der Waals surface area contributed by atoms with E-state index in [0.717, 1.165) is 39.0 Å². The number of nitrogens with zero attached hydrogens (tertiary/aromatic N) is 3. The Bertz CT molecular complexity index is 2160. The van der Waals surface area contributed by atoms with Crippen LogP contribution in [0.1, 0.15) is 18.1 Å². The monoisotopic (exact) mass is 654 g/mol. The van der Waals surface area contributed by atoms with Crippen LogP contribution in [-0.4, -0.2) is 61.5 Å². The fourth-order valence-electron chi connectivity index (χ4n) is 4.93. The standard InChI is InChI=1S/C37H30N6O6/c1-2-48-34(47)20-8-24-5-11-27(12-6-24)37-39-35(36(40-37)26-13-16-29(17-14-26)49-22-33(45)46)25-9-3-23(4-10-25)7-19-32(44)38-28-15-18-30-31(21-28)42-43-41-30/h3-21H,2,22H2,1H3,(H,38,44)(H,39,40)(H,45,46)(H,41,42,43)/b19-7+,20-8+. The van der Waals surface area contributed by atoms with Gasteiger partial charge in [-0.05, 0) is 72.7 Å². The molecule has 0 atom stereocenters. The maximum Gasteiger partial charge on any atom is 0.341 e. The summed E-state index contributed by atoms with van der Waals surface area (Å²) in [6.07, 6.45) is 6.26. The number of carbonyl (C=O) groups is 3. The van der Waals surface area contributed by atoms with E-state index in [-0.39, 0.29) is 5.91 Å². The molecule has 0 spiro atoms. The number of hydrogen-bond acceptors (Lipinski definition) is 8. The molecule has 0 aliphatic carbocycles. The molecule has 4 N–H and O–H groups in total. The molecule has 0 aliphatic heterocycles. The number of ether oxygens (including phenoxy) is 2. The van der Waals surface area contributed by atoms with Gasteiger partial charge in [0, 0.05) is 34.5 Å². The Hall–Kier alpha value is -6.82. The van der Waals surface area contributed by atoms with E-state index in [9.17, 15) is 14.4 Å². The number of benzene rings is 4. The Morgan fingerprint density at radius 3 is 2.20 bits per heavy atom. The van der Waals surface area contributed by atoms with E-state index in [2.05, 4.69) is 25.7 Å². The summed E-state index contributed by atoms with van der Waals surface area (Å²) in [5.74, 6) is -0.697. The predicted octanol–water partition coefficient (Wildman–Crippen LogP) is 6.37. The van der Waals surface area contributed by atoms with Gasteiger partial charge in [0.15, 0.2) is 6.61 Å². The third kappa shape index (κ3) is 8.13. The van der Waals surface area contributed by atoms with E-state index >= 15 is 0 Å². The fraction of sp³-hybridized carbons (Fsp3) is 0.0811. The molecule has 0 fully saturated rings. The van der Waals surface area contributed by atoms with Crippen molar-refractivity contribution in [2.75, 3.05) is 18.5 Å². The first kappa shape index (κ1) is 32.1. The lowest BCUT2D eigenvalue weighted by molar-refractivity contribution is -0.139. The zero-order valence-corrected chi connectivity index (χ0v) is 26.2. The van der Waals surface area contributed by atoms with Crippen molar-refractivity contribution >= 4 is 46.7 Å². The highest BCUT2D eigenvalue weighted by molar-refractivity contribution is 6.02. The molecule has 49 heavy (non-hydrogen) atoms. The largest absolute Gasteiger partial charge is 0.482 e. The lowest BCUT2D eigenvalue weighted by atomic mass is 10.0. The van der Waals surface area contributed by atoms with Crippen LogP contribution in [0.3, 0.4) is 0 Å². The van der Waals surface area contributed by atoms with Crippen molar-refractivity contribution in [1.82, 2.24) is 25.4 Å². The van der Waals surface area contributed by atoms with E-state index < -0.39 is 18.5 Å². The normalized spacial score (nSPS) is 11.3. The topological polar surface area (TPSA) is 172 Å². The summed E-state index contributed by atoms with van der Waals surface area (Å²) < 4.78 is 10.3. The average molecular weight is 655 g/mol. The number of esters is 1. The molecule has 6 aromatic rings. The van der Waals surface area contributed by atoms with Crippen molar-refractivity contribution < 1.29 is 29.0 Å². The summed E-state index contributed by atoms with van der Waals surface area (Å²) >= 11 is 0. The number of rotatable bonds is 12. The van der Waals surface area contributed by atoms with Gasteiger partial charge in [0.2, 0.25) is 5.91 Å². The molecular formula is C37H30N6O6. The number of nitrogens with one attached hydrogen (secondary N) is 3. The number of fused-ring (bicyclic) bond motifs is 1. The number of carboxylic acids is 1. The summed E-state index contributed by atoms with van der Waals surface area (Å²) in [6.45, 7) is 1.62. The van der Waals surface area contributed by atoms with Crippen LogP contribution in [0.4, 0.5) is 5.69 Å². The Balaban J connectivity index is 1.24. The third-order valence-electron chi connectivity index (χ3n) is 7.30. The van der Waals surface area contributed by atoms with Crippen molar-refractivity contribution in [2.24, 2.45) is 0 Å². The van der Waals surface area contributed by atoms with Crippen LogP contribution in [0.25, 0.3) is 57.1 Å². The van der Waals surface area contributed by atoms with Crippen molar-refractivity contribution in [3.63, 3.8) is 0 Å². The fourth-order valence-corrected chi connectivity index (χ4v) is 4.93. The molecular weight excluding hydrogens is 624 g/mol. The Labute approximate surface area is 280 Å². The van der Waals surface area contributed by atoms with Gasteiger partial charge in [-0.1, -0.05) is 53.7 Å². The van der Waals surface area contributed by atoms with E-state index in [4.69, 9.17) is 19.6 Å². The van der Waals surface area contributed by atoms with E-state index in [1.807, 2.05) is 60.7 Å². The second-order valence-corrected chi connectivity index (χ2v) is 10.7. The highest BCUT2D eigenvalue weighted by Gasteiger charge is 2.16. The number of carboxylic acid groups (broad SMARTS) is 1. The maximum absolute atomic E-state index is 12.6. The number of imidazole rings is 1. The molecule has 2 aromatic heterocycles. The molecule has 4 aromatic carbocycles. The highest BCUT2D eigenvalue weighted by Crippen LogP contribution is 2.34. The Morgan fingerprint density at radius 2 is 1.51 bits per heavy atom. The van der Waals surface area contributed by atoms with Crippen LogP contribution < -0.4 is 10.1 Å². The smallest absolute Gasteiger partial charge is 0.341 e. The molecule has 12 heteroatoms. The van der Waals surface area contributed by atoms with Crippen molar-refractivity contribution in [3.8, 4) is 39.7 Å². The van der Waals surface area contributed by atoms with Gasteiger partial charge in [-0.15, -0.1) is 5.10 Å². The molecule has 0 aliphatic rings. The van der Waals surface area contributed by atoms with Gasteiger partial charge in [0.25, 0.3) is 0 Å². The number of H-pyrrole nitrogens is 2. The van der Waals surface area contributed by atoms with Gasteiger partial charge in [-0.2, -0.15) is 0 Å².